The first-order valence-electron chi connectivity index (χ1n) is 9.04. The first-order chi connectivity index (χ1) is 13.6. The third-order valence-electron chi connectivity index (χ3n) is 4.94. The van der Waals surface area contributed by atoms with E-state index in [9.17, 15) is 9.90 Å². The minimum absolute atomic E-state index is 0.0289. The van der Waals surface area contributed by atoms with Crippen molar-refractivity contribution >= 4 is 22.1 Å². The van der Waals surface area contributed by atoms with Gasteiger partial charge in [0.1, 0.15) is 23.3 Å². The van der Waals surface area contributed by atoms with Crippen LogP contribution in [-0.4, -0.2) is 43.5 Å². The van der Waals surface area contributed by atoms with Crippen molar-refractivity contribution in [2.45, 2.75) is 25.8 Å². The molecule has 5 rings (SSSR count). The monoisotopic (exact) mass is 398 g/mol. The Morgan fingerprint density at radius 2 is 2.07 bits per heavy atom. The Kier molecular flexibility index (Phi) is 4.06. The normalized spacial score (nSPS) is 16.8. The third-order valence-corrected chi connectivity index (χ3v) is 6.01. The number of Topliss-reactive ketones (excluding diaryl/α,β-unsaturated/α-hetero) is 1. The van der Waals surface area contributed by atoms with Crippen molar-refractivity contribution in [1.82, 2.24) is 19.5 Å². The molecular weight excluding hydrogens is 380 g/mol. The molecule has 144 valence electrons. The molecule has 1 N–H and O–H groups in total. The average Bonchev–Trinajstić information content (AvgIpc) is 3.45. The molecule has 1 atom stereocenters. The number of aromatic nitrogens is 3. The Morgan fingerprint density at radius 1 is 1.25 bits per heavy atom. The van der Waals surface area contributed by atoms with E-state index in [1.165, 1.54) is 15.9 Å². The van der Waals surface area contributed by atoms with E-state index in [1.807, 2.05) is 19.1 Å². The van der Waals surface area contributed by atoms with Gasteiger partial charge >= 0.3 is 0 Å². The fraction of sp³-hybridized carbons (Fsp3) is 0.316. The largest absolute Gasteiger partial charge is 0.492 e. The lowest BCUT2D eigenvalue weighted by atomic mass is 10.0. The zero-order valence-electron chi connectivity index (χ0n) is 15.2. The standard InChI is InChI=1S/C19H18N4O4S/c1-11-4-5-13(27-11)15(22-8-6-12(24)7-9-22)16-18(25)23-19(28-16)20-17(21-23)14-3-2-10-26-14/h2-5,10,15,25H,6-9H2,1H3. The molecule has 1 fully saturated rings. The van der Waals surface area contributed by atoms with Gasteiger partial charge in [-0.15, -0.1) is 5.10 Å². The van der Waals surface area contributed by atoms with E-state index in [0.29, 0.717) is 47.4 Å². The molecule has 0 spiro atoms. The number of piperidine rings is 1. The van der Waals surface area contributed by atoms with E-state index >= 15 is 0 Å². The van der Waals surface area contributed by atoms with E-state index in [2.05, 4.69) is 15.0 Å². The number of thiazole rings is 1. The van der Waals surface area contributed by atoms with E-state index in [-0.39, 0.29) is 17.7 Å². The van der Waals surface area contributed by atoms with Crippen LogP contribution in [0.5, 0.6) is 5.88 Å². The van der Waals surface area contributed by atoms with E-state index < -0.39 is 0 Å². The summed E-state index contributed by atoms with van der Waals surface area (Å²) in [7, 11) is 0. The number of carbonyl (C=O) groups excluding carboxylic acids is 1. The van der Waals surface area contributed by atoms with Crippen LogP contribution in [-0.2, 0) is 4.79 Å². The quantitative estimate of drug-likeness (QED) is 0.562. The predicted octanol–water partition coefficient (Wildman–Crippen LogP) is 3.41. The number of ketones is 1. The number of rotatable bonds is 4. The third kappa shape index (κ3) is 2.83. The number of hydrogen-bond acceptors (Lipinski definition) is 8. The van der Waals surface area contributed by atoms with Gasteiger partial charge in [0.2, 0.25) is 16.7 Å². The average molecular weight is 398 g/mol. The molecule has 0 bridgehead atoms. The molecule has 4 aromatic rings. The lowest BCUT2D eigenvalue weighted by molar-refractivity contribution is -0.121. The summed E-state index contributed by atoms with van der Waals surface area (Å²) in [5.74, 6) is 2.79. The molecule has 0 amide bonds. The molecule has 1 saturated heterocycles. The Morgan fingerprint density at radius 3 is 2.71 bits per heavy atom. The van der Waals surface area contributed by atoms with Gasteiger partial charge in [-0.2, -0.15) is 9.50 Å². The second-order valence-corrected chi connectivity index (χ2v) is 7.83. The number of aryl methyl sites for hydroxylation is 1. The number of furan rings is 2. The predicted molar refractivity (Wildman–Crippen MR) is 101 cm³/mol. The molecule has 0 saturated carbocycles. The summed E-state index contributed by atoms with van der Waals surface area (Å²) in [4.78, 5) is 19.6. The molecule has 1 aliphatic rings. The van der Waals surface area contributed by atoms with Gasteiger partial charge in [-0.1, -0.05) is 11.3 Å². The van der Waals surface area contributed by atoms with Gasteiger partial charge in [0.25, 0.3) is 0 Å². The molecule has 1 unspecified atom stereocenters. The van der Waals surface area contributed by atoms with Gasteiger partial charge < -0.3 is 13.9 Å². The molecule has 0 radical (unpaired) electrons. The van der Waals surface area contributed by atoms with Crippen molar-refractivity contribution in [3.8, 4) is 17.5 Å². The summed E-state index contributed by atoms with van der Waals surface area (Å²) in [6, 6.07) is 7.07. The van der Waals surface area contributed by atoms with Gasteiger partial charge in [-0.3, -0.25) is 9.69 Å². The van der Waals surface area contributed by atoms with E-state index in [0.717, 1.165) is 11.5 Å². The second kappa shape index (κ2) is 6.61. The van der Waals surface area contributed by atoms with Gasteiger partial charge in [0, 0.05) is 25.9 Å². The number of hydrogen-bond donors (Lipinski definition) is 1. The van der Waals surface area contributed by atoms with Crippen molar-refractivity contribution in [3.05, 3.63) is 46.9 Å². The fourth-order valence-corrected chi connectivity index (χ4v) is 4.64. The molecule has 1 aliphatic heterocycles. The summed E-state index contributed by atoms with van der Waals surface area (Å²) in [5.41, 5.74) is 0. The first-order valence-corrected chi connectivity index (χ1v) is 9.86. The van der Waals surface area contributed by atoms with Crippen LogP contribution in [0, 0.1) is 6.92 Å². The number of fused-ring (bicyclic) bond motifs is 1. The van der Waals surface area contributed by atoms with Crippen LogP contribution in [0.25, 0.3) is 16.5 Å². The van der Waals surface area contributed by atoms with E-state index in [1.54, 1.807) is 18.4 Å². The maximum absolute atomic E-state index is 11.7. The van der Waals surface area contributed by atoms with Crippen molar-refractivity contribution in [3.63, 3.8) is 0 Å². The maximum atomic E-state index is 11.7. The minimum Gasteiger partial charge on any atom is -0.492 e. The second-order valence-electron chi connectivity index (χ2n) is 6.82. The van der Waals surface area contributed by atoms with Crippen LogP contribution in [0.15, 0.2) is 39.4 Å². The number of nitrogens with zero attached hydrogens (tertiary/aromatic N) is 4. The Hall–Kier alpha value is -2.91. The van der Waals surface area contributed by atoms with Crippen molar-refractivity contribution in [2.75, 3.05) is 13.1 Å². The molecule has 28 heavy (non-hydrogen) atoms. The molecule has 0 aliphatic carbocycles. The summed E-state index contributed by atoms with van der Waals surface area (Å²) in [5, 5.41) is 15.3. The maximum Gasteiger partial charge on any atom is 0.230 e. The lowest BCUT2D eigenvalue weighted by Gasteiger charge is -2.32. The number of carbonyl (C=O) groups is 1. The van der Waals surface area contributed by atoms with Crippen LogP contribution < -0.4 is 0 Å². The lowest BCUT2D eigenvalue weighted by Crippen LogP contribution is -2.37. The first kappa shape index (κ1) is 17.2. The smallest absolute Gasteiger partial charge is 0.230 e. The van der Waals surface area contributed by atoms with Gasteiger partial charge in [0.15, 0.2) is 5.76 Å². The fourth-order valence-electron chi connectivity index (χ4n) is 3.55. The zero-order valence-corrected chi connectivity index (χ0v) is 16.0. The topological polar surface area (TPSA) is 97.0 Å². The van der Waals surface area contributed by atoms with Crippen LogP contribution in [0.3, 0.4) is 0 Å². The van der Waals surface area contributed by atoms with Crippen LogP contribution >= 0.6 is 11.3 Å². The van der Waals surface area contributed by atoms with Gasteiger partial charge in [-0.05, 0) is 31.2 Å². The summed E-state index contributed by atoms with van der Waals surface area (Å²) >= 11 is 1.36. The highest BCUT2D eigenvalue weighted by atomic mass is 32.1. The number of likely N-dealkylation sites (tertiary alicyclic amines) is 1. The molecular formula is C19H18N4O4S. The van der Waals surface area contributed by atoms with Crippen LogP contribution in [0.1, 0.15) is 35.3 Å². The number of aromatic hydroxyl groups is 1. The Balaban J connectivity index is 1.58. The molecule has 5 heterocycles. The molecule has 9 heteroatoms. The van der Waals surface area contributed by atoms with Gasteiger partial charge in [0.05, 0.1) is 11.1 Å². The Bertz CT molecular complexity index is 1130. The highest BCUT2D eigenvalue weighted by Crippen LogP contribution is 2.41. The molecule has 4 aromatic heterocycles. The van der Waals surface area contributed by atoms with Crippen molar-refractivity contribution in [2.24, 2.45) is 0 Å². The van der Waals surface area contributed by atoms with Gasteiger partial charge in [-0.25, -0.2) is 0 Å². The minimum atomic E-state index is -0.289. The summed E-state index contributed by atoms with van der Waals surface area (Å²) in [6.45, 7) is 3.13. The summed E-state index contributed by atoms with van der Waals surface area (Å²) in [6.07, 6.45) is 2.56. The molecule has 8 nitrogen and oxygen atoms in total. The van der Waals surface area contributed by atoms with Crippen molar-refractivity contribution in [1.29, 1.82) is 0 Å². The Labute approximate surface area is 164 Å². The summed E-state index contributed by atoms with van der Waals surface area (Å²) < 4.78 is 12.7. The van der Waals surface area contributed by atoms with Crippen LogP contribution in [0.4, 0.5) is 0 Å². The van der Waals surface area contributed by atoms with Crippen molar-refractivity contribution < 1.29 is 18.7 Å². The van der Waals surface area contributed by atoms with Crippen LogP contribution in [0.2, 0.25) is 0 Å². The SMILES string of the molecule is Cc1ccc(C(c2sc3nc(-c4ccco4)nn3c2O)N2CCC(=O)CC2)o1. The highest BCUT2D eigenvalue weighted by Gasteiger charge is 2.33. The highest BCUT2D eigenvalue weighted by molar-refractivity contribution is 7.17. The molecule has 0 aromatic carbocycles. The van der Waals surface area contributed by atoms with E-state index in [4.69, 9.17) is 8.83 Å². The zero-order chi connectivity index (χ0) is 19.3.